The van der Waals surface area contributed by atoms with Gasteiger partial charge in [-0.05, 0) is 26.0 Å². The minimum Gasteiger partial charge on any atom is -0.357 e. The number of aromatic nitrogens is 5. The molecule has 0 spiro atoms. The van der Waals surface area contributed by atoms with Crippen molar-refractivity contribution in [1.82, 2.24) is 24.7 Å². The lowest BCUT2D eigenvalue weighted by Crippen LogP contribution is -2.22. The third kappa shape index (κ3) is 3.50. The monoisotopic (exact) mass is 336 g/mol. The molecular formula is C17H20N8. The van der Waals surface area contributed by atoms with Crippen LogP contribution in [0.15, 0.2) is 30.9 Å². The first kappa shape index (κ1) is 16.6. The number of rotatable bonds is 7. The van der Waals surface area contributed by atoms with Crippen LogP contribution in [0.1, 0.15) is 20.3 Å². The Morgan fingerprint density at radius 1 is 1.16 bits per heavy atom. The van der Waals surface area contributed by atoms with Gasteiger partial charge in [0.25, 0.3) is 0 Å². The zero-order valence-corrected chi connectivity index (χ0v) is 14.3. The van der Waals surface area contributed by atoms with E-state index in [2.05, 4.69) is 50.2 Å². The molecule has 0 bridgehead atoms. The van der Waals surface area contributed by atoms with E-state index >= 15 is 0 Å². The molecule has 0 saturated heterocycles. The van der Waals surface area contributed by atoms with Crippen LogP contribution in [0.4, 0.5) is 17.3 Å². The third-order valence-electron chi connectivity index (χ3n) is 3.97. The zero-order chi connectivity index (χ0) is 17.6. The molecule has 0 fully saturated rings. The van der Waals surface area contributed by atoms with Gasteiger partial charge in [-0.15, -0.1) is 0 Å². The summed E-state index contributed by atoms with van der Waals surface area (Å²) in [6, 6.07) is 6.09. The van der Waals surface area contributed by atoms with Gasteiger partial charge in [0, 0.05) is 13.1 Å². The largest absolute Gasteiger partial charge is 0.357 e. The molecule has 0 aliphatic rings. The van der Waals surface area contributed by atoms with E-state index < -0.39 is 0 Å². The van der Waals surface area contributed by atoms with Crippen LogP contribution in [0.3, 0.4) is 0 Å². The normalized spacial score (nSPS) is 10.6. The first-order valence-electron chi connectivity index (χ1n) is 8.28. The Morgan fingerprint density at radius 3 is 2.68 bits per heavy atom. The van der Waals surface area contributed by atoms with Gasteiger partial charge in [-0.2, -0.15) is 10.4 Å². The average Bonchev–Trinajstić information content (AvgIpc) is 3.06. The molecule has 0 amide bonds. The molecule has 0 atom stereocenters. The zero-order valence-electron chi connectivity index (χ0n) is 14.3. The van der Waals surface area contributed by atoms with E-state index in [9.17, 15) is 0 Å². The molecule has 0 radical (unpaired) electrons. The summed E-state index contributed by atoms with van der Waals surface area (Å²) in [6.45, 7) is 6.57. The summed E-state index contributed by atoms with van der Waals surface area (Å²) in [5, 5.41) is 17.1. The van der Waals surface area contributed by atoms with E-state index in [1.807, 2.05) is 12.1 Å². The average molecular weight is 336 g/mol. The van der Waals surface area contributed by atoms with Gasteiger partial charge in [0.15, 0.2) is 5.65 Å². The Kier molecular flexibility index (Phi) is 5.04. The van der Waals surface area contributed by atoms with E-state index in [-0.39, 0.29) is 0 Å². The molecule has 25 heavy (non-hydrogen) atoms. The topological polar surface area (TPSA) is 95.5 Å². The van der Waals surface area contributed by atoms with Crippen molar-refractivity contribution in [3.63, 3.8) is 0 Å². The lowest BCUT2D eigenvalue weighted by Gasteiger charge is -2.19. The number of nitriles is 1. The molecule has 3 aromatic rings. The molecule has 0 saturated carbocycles. The van der Waals surface area contributed by atoms with Crippen molar-refractivity contribution >= 4 is 28.4 Å². The molecule has 0 unspecified atom stereocenters. The van der Waals surface area contributed by atoms with Crippen molar-refractivity contribution in [2.45, 2.75) is 26.8 Å². The maximum Gasteiger partial charge on any atom is 0.163 e. The van der Waals surface area contributed by atoms with Crippen LogP contribution < -0.4 is 10.2 Å². The molecule has 1 N–H and O–H groups in total. The first-order chi connectivity index (χ1) is 12.3. The van der Waals surface area contributed by atoms with Gasteiger partial charge in [0.1, 0.15) is 18.0 Å². The second-order valence-corrected chi connectivity index (χ2v) is 5.44. The number of anilines is 3. The van der Waals surface area contributed by atoms with Crippen LogP contribution in [0.2, 0.25) is 0 Å². The number of hydrogen-bond acceptors (Lipinski definition) is 7. The number of hydrogen-bond donors (Lipinski definition) is 1. The smallest absolute Gasteiger partial charge is 0.163 e. The summed E-state index contributed by atoms with van der Waals surface area (Å²) in [5.74, 6) is 1.62. The lowest BCUT2D eigenvalue weighted by atomic mass is 10.3. The molecule has 0 aliphatic heterocycles. The Bertz CT molecular complexity index is 874. The number of pyridine rings is 1. The summed E-state index contributed by atoms with van der Waals surface area (Å²) in [5.41, 5.74) is 1.56. The first-order valence-corrected chi connectivity index (χ1v) is 8.28. The van der Waals surface area contributed by atoms with Gasteiger partial charge >= 0.3 is 0 Å². The van der Waals surface area contributed by atoms with Crippen molar-refractivity contribution in [3.05, 3.63) is 30.9 Å². The third-order valence-corrected chi connectivity index (χ3v) is 3.97. The molecule has 8 heteroatoms. The standard InChI is InChI=1S/C17H20N8/c1-3-24(4-2)15-7-6-13(10-19-15)23-16-14-11-22-25(9-5-8-18)17(14)21-12-20-16/h6-7,10-12H,3-5,9H2,1-2H3,(H,20,21,23). The van der Waals surface area contributed by atoms with Crippen molar-refractivity contribution in [1.29, 1.82) is 5.26 Å². The fourth-order valence-corrected chi connectivity index (χ4v) is 2.64. The van der Waals surface area contributed by atoms with Crippen LogP contribution in [0.25, 0.3) is 11.0 Å². The number of aryl methyl sites for hydroxylation is 1. The highest BCUT2D eigenvalue weighted by atomic mass is 15.3. The second kappa shape index (κ2) is 7.57. The van der Waals surface area contributed by atoms with Crippen molar-refractivity contribution in [2.75, 3.05) is 23.3 Å². The van der Waals surface area contributed by atoms with Gasteiger partial charge < -0.3 is 10.2 Å². The molecule has 0 aliphatic carbocycles. The maximum atomic E-state index is 8.74. The van der Waals surface area contributed by atoms with Gasteiger partial charge in [-0.3, -0.25) is 0 Å². The summed E-state index contributed by atoms with van der Waals surface area (Å²) >= 11 is 0. The number of fused-ring (bicyclic) bond motifs is 1. The Morgan fingerprint density at radius 2 is 2.00 bits per heavy atom. The fourth-order valence-electron chi connectivity index (χ4n) is 2.64. The van der Waals surface area contributed by atoms with E-state index in [0.29, 0.717) is 24.4 Å². The van der Waals surface area contributed by atoms with Crippen LogP contribution in [0, 0.1) is 11.3 Å². The summed E-state index contributed by atoms with van der Waals surface area (Å²) in [6.07, 6.45) is 5.39. The molecule has 8 nitrogen and oxygen atoms in total. The number of nitrogens with one attached hydrogen (secondary N) is 1. The Balaban J connectivity index is 1.83. The summed E-state index contributed by atoms with van der Waals surface area (Å²) in [4.78, 5) is 15.3. The minimum atomic E-state index is 0.389. The van der Waals surface area contributed by atoms with Crippen LogP contribution >= 0.6 is 0 Å². The number of nitrogens with zero attached hydrogens (tertiary/aromatic N) is 7. The predicted octanol–water partition coefficient (Wildman–Crippen LogP) is 2.72. The highest BCUT2D eigenvalue weighted by molar-refractivity contribution is 5.88. The van der Waals surface area contributed by atoms with E-state index in [4.69, 9.17) is 5.26 Å². The van der Waals surface area contributed by atoms with Crippen molar-refractivity contribution in [2.24, 2.45) is 0 Å². The summed E-state index contributed by atoms with van der Waals surface area (Å²) in [7, 11) is 0. The van der Waals surface area contributed by atoms with Crippen molar-refractivity contribution in [3.8, 4) is 6.07 Å². The highest BCUT2D eigenvalue weighted by Gasteiger charge is 2.10. The molecule has 3 aromatic heterocycles. The van der Waals surface area contributed by atoms with E-state index in [0.717, 1.165) is 30.0 Å². The minimum absolute atomic E-state index is 0.389. The van der Waals surface area contributed by atoms with Gasteiger partial charge in [-0.25, -0.2) is 19.6 Å². The molecular weight excluding hydrogens is 316 g/mol. The van der Waals surface area contributed by atoms with E-state index in [1.54, 1.807) is 17.1 Å². The quantitative estimate of drug-likeness (QED) is 0.708. The second-order valence-electron chi connectivity index (χ2n) is 5.44. The van der Waals surface area contributed by atoms with Gasteiger partial charge in [-0.1, -0.05) is 0 Å². The fraction of sp³-hybridized carbons (Fsp3) is 0.353. The lowest BCUT2D eigenvalue weighted by molar-refractivity contribution is 0.643. The SMILES string of the molecule is CCN(CC)c1ccc(Nc2ncnc3c2cnn3CCC#N)cn1. The van der Waals surface area contributed by atoms with Gasteiger partial charge in [0.2, 0.25) is 0 Å². The molecule has 3 heterocycles. The maximum absolute atomic E-state index is 8.74. The van der Waals surface area contributed by atoms with E-state index in [1.165, 1.54) is 6.33 Å². The molecule has 0 aromatic carbocycles. The summed E-state index contributed by atoms with van der Waals surface area (Å²) < 4.78 is 1.72. The Hall–Kier alpha value is -3.21. The highest BCUT2D eigenvalue weighted by Crippen LogP contribution is 2.23. The van der Waals surface area contributed by atoms with Crippen LogP contribution in [0.5, 0.6) is 0 Å². The molecule has 3 rings (SSSR count). The van der Waals surface area contributed by atoms with Crippen LogP contribution in [-0.2, 0) is 6.54 Å². The predicted molar refractivity (Wildman–Crippen MR) is 96.6 cm³/mol. The molecule has 128 valence electrons. The Labute approximate surface area is 146 Å². The van der Waals surface area contributed by atoms with Crippen LogP contribution in [-0.4, -0.2) is 37.8 Å². The van der Waals surface area contributed by atoms with Gasteiger partial charge in [0.05, 0.1) is 42.5 Å². The van der Waals surface area contributed by atoms with Crippen molar-refractivity contribution < 1.29 is 0 Å².